The molecule has 1 heterocycles. The summed E-state index contributed by atoms with van der Waals surface area (Å²) >= 11 is 0. The first-order valence-corrected chi connectivity index (χ1v) is 7.90. The molecule has 1 aromatic carbocycles. The van der Waals surface area contributed by atoms with Crippen LogP contribution >= 0.6 is 0 Å². The first kappa shape index (κ1) is 14.4. The van der Waals surface area contributed by atoms with Gasteiger partial charge < -0.3 is 14.4 Å². The lowest BCUT2D eigenvalue weighted by Crippen LogP contribution is -2.30. The summed E-state index contributed by atoms with van der Waals surface area (Å²) in [6, 6.07) is 7.39. The van der Waals surface area contributed by atoms with Crippen molar-refractivity contribution in [2.45, 2.75) is 32.3 Å². The molecule has 1 saturated heterocycles. The van der Waals surface area contributed by atoms with Gasteiger partial charge in [0.25, 0.3) is 5.91 Å². The third-order valence-corrected chi connectivity index (χ3v) is 4.11. The standard InChI is InChI=1S/C17H23NO3/c1-2-20-15-7-5-14(6-8-15)17(19)18-10-9-16(11-18)21-12-13-3-4-13/h5-8,13,16H,2-4,9-12H2,1H3. The summed E-state index contributed by atoms with van der Waals surface area (Å²) in [7, 11) is 0. The van der Waals surface area contributed by atoms with Crippen LogP contribution in [0.3, 0.4) is 0 Å². The van der Waals surface area contributed by atoms with Crippen molar-refractivity contribution in [1.82, 2.24) is 4.90 Å². The molecule has 2 aliphatic rings. The Morgan fingerprint density at radius 2 is 2.00 bits per heavy atom. The van der Waals surface area contributed by atoms with E-state index >= 15 is 0 Å². The summed E-state index contributed by atoms with van der Waals surface area (Å²) < 4.78 is 11.3. The fraction of sp³-hybridized carbons (Fsp3) is 0.588. The Bertz CT molecular complexity index is 481. The number of carbonyl (C=O) groups excluding carboxylic acids is 1. The molecule has 2 fully saturated rings. The topological polar surface area (TPSA) is 38.8 Å². The van der Waals surface area contributed by atoms with Gasteiger partial charge in [-0.25, -0.2) is 0 Å². The lowest BCUT2D eigenvalue weighted by atomic mass is 10.2. The molecule has 1 aliphatic carbocycles. The molecule has 0 aromatic heterocycles. The van der Waals surface area contributed by atoms with Crippen LogP contribution in [0, 0.1) is 5.92 Å². The average Bonchev–Trinajstić information content (AvgIpc) is 3.22. The molecule has 1 unspecified atom stereocenters. The highest BCUT2D eigenvalue weighted by Crippen LogP contribution is 2.30. The zero-order valence-corrected chi connectivity index (χ0v) is 12.6. The molecule has 0 radical (unpaired) electrons. The molecule has 0 spiro atoms. The predicted octanol–water partition coefficient (Wildman–Crippen LogP) is 2.73. The first-order chi connectivity index (χ1) is 10.3. The number of nitrogens with zero attached hydrogens (tertiary/aromatic N) is 1. The molecule has 0 bridgehead atoms. The molecule has 3 rings (SSSR count). The summed E-state index contributed by atoms with van der Waals surface area (Å²) in [5, 5.41) is 0. The second-order valence-corrected chi connectivity index (χ2v) is 5.90. The summed E-state index contributed by atoms with van der Waals surface area (Å²) in [6.45, 7) is 4.97. The van der Waals surface area contributed by atoms with Gasteiger partial charge in [0, 0.05) is 25.3 Å². The summed E-state index contributed by atoms with van der Waals surface area (Å²) in [6.07, 6.45) is 3.79. The lowest BCUT2D eigenvalue weighted by molar-refractivity contribution is 0.0480. The molecule has 1 aromatic rings. The number of ether oxygens (including phenoxy) is 2. The quantitative estimate of drug-likeness (QED) is 0.808. The van der Waals surface area contributed by atoms with Gasteiger partial charge in [0.15, 0.2) is 0 Å². The van der Waals surface area contributed by atoms with Crippen LogP contribution < -0.4 is 4.74 Å². The Labute approximate surface area is 126 Å². The number of hydrogen-bond donors (Lipinski definition) is 0. The van der Waals surface area contributed by atoms with Crippen LogP contribution in [0.1, 0.15) is 36.5 Å². The normalized spacial score (nSPS) is 21.6. The number of amides is 1. The van der Waals surface area contributed by atoms with E-state index in [1.165, 1.54) is 12.8 Å². The maximum absolute atomic E-state index is 12.4. The fourth-order valence-electron chi connectivity index (χ4n) is 2.65. The fourth-order valence-corrected chi connectivity index (χ4v) is 2.65. The highest BCUT2D eigenvalue weighted by atomic mass is 16.5. The van der Waals surface area contributed by atoms with Crippen LogP contribution in [0.2, 0.25) is 0 Å². The van der Waals surface area contributed by atoms with Crippen LogP contribution in [-0.4, -0.2) is 43.2 Å². The van der Waals surface area contributed by atoms with Crippen molar-refractivity contribution in [2.24, 2.45) is 5.92 Å². The summed E-state index contributed by atoms with van der Waals surface area (Å²) in [5.74, 6) is 1.68. The minimum absolute atomic E-state index is 0.0931. The third-order valence-electron chi connectivity index (χ3n) is 4.11. The Morgan fingerprint density at radius 1 is 1.24 bits per heavy atom. The minimum Gasteiger partial charge on any atom is -0.494 e. The minimum atomic E-state index is 0.0931. The Balaban J connectivity index is 1.52. The molecule has 1 amide bonds. The van der Waals surface area contributed by atoms with E-state index in [0.29, 0.717) is 6.61 Å². The van der Waals surface area contributed by atoms with E-state index in [9.17, 15) is 4.79 Å². The van der Waals surface area contributed by atoms with Crippen molar-refractivity contribution < 1.29 is 14.3 Å². The van der Waals surface area contributed by atoms with E-state index in [-0.39, 0.29) is 12.0 Å². The van der Waals surface area contributed by atoms with Crippen LogP contribution in [-0.2, 0) is 4.74 Å². The molecule has 114 valence electrons. The van der Waals surface area contributed by atoms with Crippen molar-refractivity contribution in [3.63, 3.8) is 0 Å². The third kappa shape index (κ3) is 3.76. The highest BCUT2D eigenvalue weighted by Gasteiger charge is 2.29. The highest BCUT2D eigenvalue weighted by molar-refractivity contribution is 5.94. The predicted molar refractivity (Wildman–Crippen MR) is 80.6 cm³/mol. The molecule has 0 N–H and O–H groups in total. The number of carbonyl (C=O) groups is 1. The van der Waals surface area contributed by atoms with E-state index in [4.69, 9.17) is 9.47 Å². The zero-order valence-electron chi connectivity index (χ0n) is 12.6. The second-order valence-electron chi connectivity index (χ2n) is 5.90. The van der Waals surface area contributed by atoms with E-state index in [2.05, 4.69) is 0 Å². The Morgan fingerprint density at radius 3 is 2.67 bits per heavy atom. The lowest BCUT2D eigenvalue weighted by Gasteiger charge is -2.17. The first-order valence-electron chi connectivity index (χ1n) is 7.90. The smallest absolute Gasteiger partial charge is 0.253 e. The molecular weight excluding hydrogens is 266 g/mol. The van der Waals surface area contributed by atoms with Gasteiger partial charge >= 0.3 is 0 Å². The molecule has 4 nitrogen and oxygen atoms in total. The maximum atomic E-state index is 12.4. The summed E-state index contributed by atoms with van der Waals surface area (Å²) in [4.78, 5) is 14.3. The van der Waals surface area contributed by atoms with Gasteiger partial charge in [-0.1, -0.05) is 0 Å². The van der Waals surface area contributed by atoms with E-state index < -0.39 is 0 Å². The summed E-state index contributed by atoms with van der Waals surface area (Å²) in [5.41, 5.74) is 0.723. The van der Waals surface area contributed by atoms with E-state index in [1.54, 1.807) is 0 Å². The van der Waals surface area contributed by atoms with Crippen LogP contribution in [0.15, 0.2) is 24.3 Å². The van der Waals surface area contributed by atoms with Gasteiger partial charge in [-0.05, 0) is 56.4 Å². The van der Waals surface area contributed by atoms with E-state index in [0.717, 1.165) is 43.3 Å². The van der Waals surface area contributed by atoms with E-state index in [1.807, 2.05) is 36.1 Å². The monoisotopic (exact) mass is 289 g/mol. The van der Waals surface area contributed by atoms with Gasteiger partial charge in [-0.2, -0.15) is 0 Å². The largest absolute Gasteiger partial charge is 0.494 e. The van der Waals surface area contributed by atoms with Crippen LogP contribution in [0.25, 0.3) is 0 Å². The number of hydrogen-bond acceptors (Lipinski definition) is 3. The molecule has 1 saturated carbocycles. The van der Waals surface area contributed by atoms with Gasteiger partial charge in [0.2, 0.25) is 0 Å². The molecule has 21 heavy (non-hydrogen) atoms. The molecule has 4 heteroatoms. The van der Waals surface area contributed by atoms with Gasteiger partial charge in [0.05, 0.1) is 12.7 Å². The van der Waals surface area contributed by atoms with Crippen molar-refractivity contribution in [3.8, 4) is 5.75 Å². The van der Waals surface area contributed by atoms with Gasteiger partial charge in [0.1, 0.15) is 5.75 Å². The van der Waals surface area contributed by atoms with Crippen molar-refractivity contribution in [1.29, 1.82) is 0 Å². The van der Waals surface area contributed by atoms with Crippen LogP contribution in [0.4, 0.5) is 0 Å². The molecular formula is C17H23NO3. The van der Waals surface area contributed by atoms with Crippen molar-refractivity contribution in [2.75, 3.05) is 26.3 Å². The Kier molecular flexibility index (Phi) is 4.44. The Hall–Kier alpha value is -1.55. The van der Waals surface area contributed by atoms with Gasteiger partial charge in [-0.15, -0.1) is 0 Å². The molecule has 1 atom stereocenters. The number of rotatable bonds is 6. The zero-order chi connectivity index (χ0) is 14.7. The maximum Gasteiger partial charge on any atom is 0.253 e. The van der Waals surface area contributed by atoms with Gasteiger partial charge in [-0.3, -0.25) is 4.79 Å². The number of benzene rings is 1. The average molecular weight is 289 g/mol. The van der Waals surface area contributed by atoms with Crippen molar-refractivity contribution >= 4 is 5.91 Å². The molecule has 1 aliphatic heterocycles. The van der Waals surface area contributed by atoms with Crippen molar-refractivity contribution in [3.05, 3.63) is 29.8 Å². The number of likely N-dealkylation sites (tertiary alicyclic amines) is 1. The van der Waals surface area contributed by atoms with Crippen LogP contribution in [0.5, 0.6) is 5.75 Å². The second kappa shape index (κ2) is 6.48. The SMILES string of the molecule is CCOc1ccc(C(=O)N2CCC(OCC3CC3)C2)cc1.